The summed E-state index contributed by atoms with van der Waals surface area (Å²) in [6.45, 7) is 5.20. The maximum absolute atomic E-state index is 13.9. The van der Waals surface area contributed by atoms with E-state index in [0.29, 0.717) is 38.1 Å². The quantitative estimate of drug-likeness (QED) is 0.178. The number of thiazole rings is 1. The van der Waals surface area contributed by atoms with Gasteiger partial charge in [0, 0.05) is 13.2 Å². The summed E-state index contributed by atoms with van der Waals surface area (Å²) >= 11 is 8.27. The fraction of sp³-hybridized carbons (Fsp3) is 0.333. The molecule has 0 aliphatic carbocycles. The van der Waals surface area contributed by atoms with Crippen LogP contribution < -0.4 is 10.9 Å². The minimum absolute atomic E-state index is 0.0628. The summed E-state index contributed by atoms with van der Waals surface area (Å²) in [5.41, 5.74) is 2.93. The zero-order chi connectivity index (χ0) is 25.9. The maximum atomic E-state index is 13.9. The van der Waals surface area contributed by atoms with Crippen molar-refractivity contribution < 1.29 is 9.53 Å². The van der Waals surface area contributed by atoms with Crippen molar-refractivity contribution in [3.8, 4) is 11.4 Å². The number of thioether (sulfide) groups is 1. The van der Waals surface area contributed by atoms with E-state index in [-0.39, 0.29) is 17.6 Å². The predicted molar refractivity (Wildman–Crippen MR) is 152 cm³/mol. The molecule has 2 aromatic heterocycles. The molecule has 1 aliphatic heterocycles. The molecule has 3 heterocycles. The molecule has 0 spiro atoms. The molecule has 1 amide bonds. The summed E-state index contributed by atoms with van der Waals surface area (Å²) in [5, 5.41) is 3.07. The van der Waals surface area contributed by atoms with E-state index in [2.05, 4.69) is 5.32 Å². The van der Waals surface area contributed by atoms with E-state index < -0.39 is 5.25 Å². The third-order valence-electron chi connectivity index (χ3n) is 6.39. The van der Waals surface area contributed by atoms with Gasteiger partial charge in [0.2, 0.25) is 5.91 Å². The second-order valence-electron chi connectivity index (χ2n) is 8.91. The van der Waals surface area contributed by atoms with Crippen molar-refractivity contribution in [1.82, 2.24) is 19.4 Å². The van der Waals surface area contributed by atoms with E-state index in [0.717, 1.165) is 30.7 Å². The number of aromatic nitrogens is 3. The molecule has 192 valence electrons. The summed E-state index contributed by atoms with van der Waals surface area (Å²) in [5.74, 6) is -0.0852. The highest BCUT2D eigenvalue weighted by atomic mass is 32.2. The number of hydrogen-bond donors (Lipinski definition) is 1. The first kappa shape index (κ1) is 25.8. The summed E-state index contributed by atoms with van der Waals surface area (Å²) in [4.78, 5) is 32.0. The van der Waals surface area contributed by atoms with E-state index in [1.54, 1.807) is 4.57 Å². The smallest absolute Gasteiger partial charge is 0.278 e. The average molecular weight is 553 g/mol. The first-order valence-electron chi connectivity index (χ1n) is 12.3. The van der Waals surface area contributed by atoms with Crippen molar-refractivity contribution in [2.45, 2.75) is 49.6 Å². The molecule has 7 nitrogen and oxygen atoms in total. The fourth-order valence-electron chi connectivity index (χ4n) is 4.43. The van der Waals surface area contributed by atoms with Gasteiger partial charge < -0.3 is 10.1 Å². The molecule has 1 saturated heterocycles. The normalized spacial score (nSPS) is 16.2. The lowest BCUT2D eigenvalue weighted by molar-refractivity contribution is -0.121. The van der Waals surface area contributed by atoms with Gasteiger partial charge in [0.15, 0.2) is 14.8 Å². The Balaban J connectivity index is 1.61. The zero-order valence-corrected chi connectivity index (χ0v) is 23.1. The Morgan fingerprint density at radius 2 is 1.97 bits per heavy atom. The molecule has 1 fully saturated rings. The number of rotatable bonds is 8. The molecule has 0 radical (unpaired) electrons. The molecule has 0 bridgehead atoms. The van der Waals surface area contributed by atoms with Crippen LogP contribution in [0.2, 0.25) is 0 Å². The highest BCUT2D eigenvalue weighted by Gasteiger charge is 2.26. The van der Waals surface area contributed by atoms with Gasteiger partial charge in [-0.2, -0.15) is 0 Å². The molecule has 5 rings (SSSR count). The Morgan fingerprint density at radius 3 is 2.68 bits per heavy atom. The lowest BCUT2D eigenvalue weighted by atomic mass is 10.2. The van der Waals surface area contributed by atoms with Crippen LogP contribution in [-0.2, 0) is 9.53 Å². The second kappa shape index (κ2) is 11.3. The van der Waals surface area contributed by atoms with Gasteiger partial charge in [0.05, 0.1) is 22.7 Å². The van der Waals surface area contributed by atoms with Crippen molar-refractivity contribution >= 4 is 51.6 Å². The Labute approximate surface area is 228 Å². The van der Waals surface area contributed by atoms with Crippen molar-refractivity contribution in [2.75, 3.05) is 13.2 Å². The van der Waals surface area contributed by atoms with Gasteiger partial charge in [-0.1, -0.05) is 66.4 Å². The van der Waals surface area contributed by atoms with Crippen molar-refractivity contribution in [1.29, 1.82) is 0 Å². The minimum Gasteiger partial charge on any atom is -0.376 e. The number of carbonyl (C=O) groups excluding carboxylic acids is 1. The fourth-order valence-corrected chi connectivity index (χ4v) is 6.77. The van der Waals surface area contributed by atoms with E-state index >= 15 is 0 Å². The molecule has 1 N–H and O–H groups in total. The molecule has 0 saturated carbocycles. The van der Waals surface area contributed by atoms with Crippen molar-refractivity contribution in [3.05, 3.63) is 74.5 Å². The third kappa shape index (κ3) is 5.29. The van der Waals surface area contributed by atoms with Gasteiger partial charge in [-0.25, -0.2) is 4.98 Å². The van der Waals surface area contributed by atoms with Crippen LogP contribution >= 0.6 is 35.3 Å². The Morgan fingerprint density at radius 1 is 1.22 bits per heavy atom. The van der Waals surface area contributed by atoms with Gasteiger partial charge >= 0.3 is 0 Å². The highest BCUT2D eigenvalue weighted by molar-refractivity contribution is 8.00. The van der Waals surface area contributed by atoms with Crippen molar-refractivity contribution in [2.24, 2.45) is 0 Å². The van der Waals surface area contributed by atoms with Crippen LogP contribution in [0.3, 0.4) is 0 Å². The Hall–Kier alpha value is -2.79. The van der Waals surface area contributed by atoms with Crippen LogP contribution in [0.1, 0.15) is 31.7 Å². The van der Waals surface area contributed by atoms with E-state index in [9.17, 15) is 9.59 Å². The molecule has 10 heteroatoms. The summed E-state index contributed by atoms with van der Waals surface area (Å²) < 4.78 is 10.1. The number of benzene rings is 2. The first-order valence-corrected chi connectivity index (χ1v) is 14.4. The van der Waals surface area contributed by atoms with Gasteiger partial charge in [-0.15, -0.1) is 0 Å². The van der Waals surface area contributed by atoms with Gasteiger partial charge in [0.25, 0.3) is 5.56 Å². The summed E-state index contributed by atoms with van der Waals surface area (Å²) in [6.07, 6.45) is 2.62. The molecule has 1 aliphatic rings. The van der Waals surface area contributed by atoms with Gasteiger partial charge in [-0.05, 0) is 62.2 Å². The largest absolute Gasteiger partial charge is 0.376 e. The van der Waals surface area contributed by atoms with Gasteiger partial charge in [-0.3, -0.25) is 18.7 Å². The maximum Gasteiger partial charge on any atom is 0.278 e. The number of nitrogens with zero attached hydrogens (tertiary/aromatic N) is 3. The lowest BCUT2D eigenvalue weighted by Crippen LogP contribution is -2.37. The zero-order valence-electron chi connectivity index (χ0n) is 20.7. The molecular weight excluding hydrogens is 525 g/mol. The number of fused-ring (bicyclic) bond motifs is 1. The number of amides is 1. The van der Waals surface area contributed by atoms with E-state index in [1.807, 2.05) is 73.0 Å². The molecular formula is C27H28N4O3S3. The summed E-state index contributed by atoms with van der Waals surface area (Å²) in [6, 6.07) is 17.3. The average Bonchev–Trinajstić information content (AvgIpc) is 3.54. The molecule has 2 atom stereocenters. The second-order valence-corrected chi connectivity index (χ2v) is 11.7. The number of para-hydroxylation sites is 2. The highest BCUT2D eigenvalue weighted by Crippen LogP contribution is 2.31. The van der Waals surface area contributed by atoms with Crippen LogP contribution in [0, 0.1) is 10.9 Å². The molecule has 4 aromatic rings. The molecule has 37 heavy (non-hydrogen) atoms. The monoisotopic (exact) mass is 552 g/mol. The number of ether oxygens (including phenoxy) is 1. The minimum atomic E-state index is -0.422. The van der Waals surface area contributed by atoms with Crippen LogP contribution in [-0.4, -0.2) is 44.5 Å². The Kier molecular flexibility index (Phi) is 7.89. The number of hydrogen-bond acceptors (Lipinski definition) is 7. The number of nitrogens with one attached hydrogen (secondary N) is 1. The van der Waals surface area contributed by atoms with E-state index in [1.165, 1.54) is 23.1 Å². The van der Waals surface area contributed by atoms with Crippen LogP contribution in [0.15, 0.2) is 64.5 Å². The topological polar surface area (TPSA) is 78.2 Å². The van der Waals surface area contributed by atoms with Crippen molar-refractivity contribution in [3.63, 3.8) is 0 Å². The van der Waals surface area contributed by atoms with Gasteiger partial charge in [0.1, 0.15) is 4.70 Å². The van der Waals surface area contributed by atoms with Crippen LogP contribution in [0.5, 0.6) is 0 Å². The van der Waals surface area contributed by atoms with E-state index in [4.69, 9.17) is 21.9 Å². The van der Waals surface area contributed by atoms with Crippen LogP contribution in [0.25, 0.3) is 21.7 Å². The standard InChI is InChI=1S/C27H28N4O3S3/c1-3-21(24(32)28-16-19-13-9-15-34-19)36-26-29-23-22(25(33)30(26)18-11-5-4-6-12-18)37-27(35)31(23)20-14-8-7-10-17(20)2/h4-8,10-12,14,19,21H,3,9,13,15-16H2,1-2H3,(H,28,32). The first-order chi connectivity index (χ1) is 18.0. The number of carbonyl (C=O) groups is 1. The predicted octanol–water partition coefficient (Wildman–Crippen LogP) is 5.44. The molecule has 2 unspecified atom stereocenters. The lowest BCUT2D eigenvalue weighted by Gasteiger charge is -2.19. The summed E-state index contributed by atoms with van der Waals surface area (Å²) in [7, 11) is 0. The third-order valence-corrected chi connectivity index (χ3v) is 9.05. The Bertz CT molecular complexity index is 1540. The number of aryl methyl sites for hydroxylation is 1. The van der Waals surface area contributed by atoms with Crippen LogP contribution in [0.4, 0.5) is 0 Å². The SMILES string of the molecule is CCC(Sc1nc2c(sc(=S)n2-c2ccccc2C)c(=O)n1-c1ccccc1)C(=O)NCC1CCCO1. The molecule has 2 aromatic carbocycles.